The highest BCUT2D eigenvalue weighted by molar-refractivity contribution is 5.78. The number of amides is 1. The smallest absolute Gasteiger partial charge is 0.222 e. The van der Waals surface area contributed by atoms with E-state index in [4.69, 9.17) is 0 Å². The van der Waals surface area contributed by atoms with Crippen LogP contribution in [0.2, 0.25) is 0 Å². The average molecular weight is 423 g/mol. The van der Waals surface area contributed by atoms with Gasteiger partial charge in [0.1, 0.15) is 11.6 Å². The summed E-state index contributed by atoms with van der Waals surface area (Å²) < 4.78 is 28.2. The molecule has 0 aliphatic carbocycles. The molecule has 2 N–H and O–H groups in total. The van der Waals surface area contributed by atoms with E-state index in [2.05, 4.69) is 10.3 Å². The molecule has 5 nitrogen and oxygen atoms in total. The molecule has 2 aromatic carbocycles. The molecule has 31 heavy (non-hydrogen) atoms. The lowest BCUT2D eigenvalue weighted by Gasteiger charge is -2.16. The lowest BCUT2D eigenvalue weighted by molar-refractivity contribution is -0.127. The highest BCUT2D eigenvalue weighted by Crippen LogP contribution is 2.33. The maximum atomic E-state index is 14.4. The van der Waals surface area contributed by atoms with Crippen molar-refractivity contribution in [3.05, 3.63) is 66.2 Å². The first kappa shape index (κ1) is 20.8. The number of phenols is 1. The SMILES string of the molecule is O=C1CCCN1CCCNc1cc(-c2cccc(F)c2F)cc(-c2ccccc2O)n1. The molecular weight excluding hydrogens is 400 g/mol. The predicted octanol–water partition coefficient (Wildman–Crippen LogP) is 4.82. The van der Waals surface area contributed by atoms with Crippen LogP contribution in [0.25, 0.3) is 22.4 Å². The number of carbonyl (C=O) groups excluding carboxylic acids is 1. The fourth-order valence-electron chi connectivity index (χ4n) is 3.76. The Morgan fingerprint density at radius 3 is 2.65 bits per heavy atom. The summed E-state index contributed by atoms with van der Waals surface area (Å²) in [4.78, 5) is 18.1. The quantitative estimate of drug-likeness (QED) is 0.535. The normalized spacial score (nSPS) is 13.6. The van der Waals surface area contributed by atoms with Crippen LogP contribution in [0.15, 0.2) is 54.6 Å². The number of phenolic OH excluding ortho intramolecular Hbond substituents is 1. The number of para-hydroxylation sites is 1. The van der Waals surface area contributed by atoms with E-state index in [0.717, 1.165) is 25.5 Å². The molecule has 0 saturated carbocycles. The molecular formula is C24H23F2N3O2. The number of nitrogens with zero attached hydrogens (tertiary/aromatic N) is 2. The van der Waals surface area contributed by atoms with Gasteiger partial charge >= 0.3 is 0 Å². The Balaban J connectivity index is 1.61. The van der Waals surface area contributed by atoms with Gasteiger partial charge in [-0.2, -0.15) is 0 Å². The van der Waals surface area contributed by atoms with Crippen molar-refractivity contribution in [2.45, 2.75) is 19.3 Å². The minimum Gasteiger partial charge on any atom is -0.507 e. The molecule has 160 valence electrons. The van der Waals surface area contributed by atoms with Crippen LogP contribution in [-0.2, 0) is 4.79 Å². The van der Waals surface area contributed by atoms with E-state index in [0.29, 0.717) is 42.1 Å². The molecule has 1 aliphatic rings. The zero-order valence-corrected chi connectivity index (χ0v) is 16.9. The summed E-state index contributed by atoms with van der Waals surface area (Å²) in [6.07, 6.45) is 2.25. The Morgan fingerprint density at radius 1 is 1.06 bits per heavy atom. The summed E-state index contributed by atoms with van der Waals surface area (Å²) in [5.41, 5.74) is 1.50. The van der Waals surface area contributed by atoms with E-state index in [1.807, 2.05) is 4.90 Å². The standard InChI is InChI=1S/C24H23F2N3O2/c25-19-8-3-7-17(24(19)26)16-14-20(18-6-1-2-9-21(18)30)28-22(15-16)27-11-5-13-29-12-4-10-23(29)31/h1-3,6-9,14-15,30H,4-5,10-13H2,(H,27,28). The third-order valence-electron chi connectivity index (χ3n) is 5.35. The third kappa shape index (κ3) is 4.66. The molecule has 4 rings (SSSR count). The molecule has 0 unspecified atom stereocenters. The molecule has 1 fully saturated rings. The lowest BCUT2D eigenvalue weighted by Crippen LogP contribution is -2.27. The second-order valence-electron chi connectivity index (χ2n) is 7.51. The molecule has 3 aromatic rings. The summed E-state index contributed by atoms with van der Waals surface area (Å²) in [6.45, 7) is 2.02. The summed E-state index contributed by atoms with van der Waals surface area (Å²) in [5.74, 6) is -1.15. The van der Waals surface area contributed by atoms with Crippen molar-refractivity contribution < 1.29 is 18.7 Å². The number of pyridine rings is 1. The second kappa shape index (κ2) is 9.12. The second-order valence-corrected chi connectivity index (χ2v) is 7.51. The monoisotopic (exact) mass is 423 g/mol. The molecule has 1 aromatic heterocycles. The van der Waals surface area contributed by atoms with Crippen LogP contribution in [0.5, 0.6) is 5.75 Å². The number of benzene rings is 2. The third-order valence-corrected chi connectivity index (χ3v) is 5.35. The van der Waals surface area contributed by atoms with Gasteiger partial charge in [0.05, 0.1) is 5.69 Å². The zero-order valence-electron chi connectivity index (χ0n) is 16.9. The van der Waals surface area contributed by atoms with Crippen molar-refractivity contribution in [3.63, 3.8) is 0 Å². The minimum atomic E-state index is -0.935. The molecule has 1 saturated heterocycles. The average Bonchev–Trinajstić information content (AvgIpc) is 3.18. The first-order chi connectivity index (χ1) is 15.0. The fraction of sp³-hybridized carbons (Fsp3) is 0.250. The van der Waals surface area contributed by atoms with E-state index in [1.165, 1.54) is 12.1 Å². The number of hydrogen-bond acceptors (Lipinski definition) is 4. The fourth-order valence-corrected chi connectivity index (χ4v) is 3.76. The van der Waals surface area contributed by atoms with Crippen molar-refractivity contribution in [3.8, 4) is 28.1 Å². The highest BCUT2D eigenvalue weighted by atomic mass is 19.2. The van der Waals surface area contributed by atoms with Crippen LogP contribution in [0.3, 0.4) is 0 Å². The maximum Gasteiger partial charge on any atom is 0.222 e. The Morgan fingerprint density at radius 2 is 1.87 bits per heavy atom. The maximum absolute atomic E-state index is 14.4. The summed E-state index contributed by atoms with van der Waals surface area (Å²) in [5, 5.41) is 13.5. The summed E-state index contributed by atoms with van der Waals surface area (Å²) in [6, 6.07) is 14.0. The number of aromatic nitrogens is 1. The van der Waals surface area contributed by atoms with Crippen molar-refractivity contribution in [1.29, 1.82) is 0 Å². The molecule has 1 amide bonds. The number of aromatic hydroxyl groups is 1. The molecule has 0 spiro atoms. The molecule has 7 heteroatoms. The topological polar surface area (TPSA) is 65.5 Å². The Kier molecular flexibility index (Phi) is 6.11. The predicted molar refractivity (Wildman–Crippen MR) is 116 cm³/mol. The van der Waals surface area contributed by atoms with Crippen LogP contribution in [0.4, 0.5) is 14.6 Å². The van der Waals surface area contributed by atoms with Crippen LogP contribution in [-0.4, -0.2) is 40.5 Å². The summed E-state index contributed by atoms with van der Waals surface area (Å²) >= 11 is 0. The van der Waals surface area contributed by atoms with Gasteiger partial charge in [0.25, 0.3) is 0 Å². The number of anilines is 1. The van der Waals surface area contributed by atoms with E-state index in [-0.39, 0.29) is 17.2 Å². The lowest BCUT2D eigenvalue weighted by atomic mass is 10.0. The van der Waals surface area contributed by atoms with Gasteiger partial charge in [-0.15, -0.1) is 0 Å². The van der Waals surface area contributed by atoms with E-state index in [1.54, 1.807) is 36.4 Å². The van der Waals surface area contributed by atoms with Gasteiger partial charge in [-0.3, -0.25) is 4.79 Å². The Bertz CT molecular complexity index is 1100. The summed E-state index contributed by atoms with van der Waals surface area (Å²) in [7, 11) is 0. The van der Waals surface area contributed by atoms with Gasteiger partial charge < -0.3 is 15.3 Å². The molecule has 0 atom stereocenters. The Hall–Kier alpha value is -3.48. The zero-order chi connectivity index (χ0) is 21.8. The van der Waals surface area contributed by atoms with E-state index >= 15 is 0 Å². The minimum absolute atomic E-state index is 0.0466. The van der Waals surface area contributed by atoms with Crippen LogP contribution in [0, 0.1) is 11.6 Å². The van der Waals surface area contributed by atoms with Crippen molar-refractivity contribution in [2.75, 3.05) is 25.0 Å². The van der Waals surface area contributed by atoms with Crippen molar-refractivity contribution in [2.24, 2.45) is 0 Å². The number of carbonyl (C=O) groups is 1. The first-order valence-corrected chi connectivity index (χ1v) is 10.3. The highest BCUT2D eigenvalue weighted by Gasteiger charge is 2.19. The van der Waals surface area contributed by atoms with Gasteiger partial charge in [0, 0.05) is 37.2 Å². The number of nitrogens with one attached hydrogen (secondary N) is 1. The van der Waals surface area contributed by atoms with Gasteiger partial charge in [0.15, 0.2) is 11.6 Å². The van der Waals surface area contributed by atoms with Gasteiger partial charge in [0.2, 0.25) is 5.91 Å². The van der Waals surface area contributed by atoms with Gasteiger partial charge in [-0.1, -0.05) is 24.3 Å². The van der Waals surface area contributed by atoms with E-state index < -0.39 is 11.6 Å². The van der Waals surface area contributed by atoms with Crippen LogP contribution in [0.1, 0.15) is 19.3 Å². The largest absolute Gasteiger partial charge is 0.507 e. The molecule has 2 heterocycles. The number of hydrogen-bond donors (Lipinski definition) is 2. The molecule has 1 aliphatic heterocycles. The van der Waals surface area contributed by atoms with E-state index in [9.17, 15) is 18.7 Å². The number of likely N-dealkylation sites (tertiary alicyclic amines) is 1. The first-order valence-electron chi connectivity index (χ1n) is 10.3. The number of halogens is 2. The van der Waals surface area contributed by atoms with Gasteiger partial charge in [-0.05, 0) is 48.7 Å². The molecule has 0 radical (unpaired) electrons. The van der Waals surface area contributed by atoms with Gasteiger partial charge in [-0.25, -0.2) is 13.8 Å². The van der Waals surface area contributed by atoms with Crippen molar-refractivity contribution >= 4 is 11.7 Å². The van der Waals surface area contributed by atoms with Crippen molar-refractivity contribution in [1.82, 2.24) is 9.88 Å². The molecule has 0 bridgehead atoms. The Labute approximate surface area is 179 Å². The van der Waals surface area contributed by atoms with Crippen LogP contribution >= 0.6 is 0 Å². The van der Waals surface area contributed by atoms with Crippen LogP contribution < -0.4 is 5.32 Å². The number of rotatable bonds is 7.